The van der Waals surface area contributed by atoms with E-state index in [0.717, 1.165) is 0 Å². The number of anilines is 1. The van der Waals surface area contributed by atoms with Crippen molar-refractivity contribution in [3.63, 3.8) is 0 Å². The predicted octanol–water partition coefficient (Wildman–Crippen LogP) is 2.17. The summed E-state index contributed by atoms with van der Waals surface area (Å²) in [6, 6.07) is 4.03. The Balaban J connectivity index is 1.96. The zero-order valence-corrected chi connectivity index (χ0v) is 9.99. The number of hydrogen-bond acceptors (Lipinski definition) is 6. The van der Waals surface area contributed by atoms with Gasteiger partial charge in [-0.3, -0.25) is 14.9 Å². The number of fused-ring (bicyclic) bond motifs is 1. The Morgan fingerprint density at radius 3 is 2.70 bits per heavy atom. The molecule has 102 valence electrons. The third-order valence-electron chi connectivity index (χ3n) is 2.72. The Morgan fingerprint density at radius 2 is 2.05 bits per heavy atom. The number of rotatable bonds is 3. The molecule has 2 aromatic rings. The molecule has 0 fully saturated rings. The van der Waals surface area contributed by atoms with Gasteiger partial charge in [-0.2, -0.15) is 0 Å². The fourth-order valence-electron chi connectivity index (χ4n) is 1.77. The number of nitro groups is 1. The van der Waals surface area contributed by atoms with Crippen molar-refractivity contribution < 1.29 is 23.6 Å². The first-order valence-electron chi connectivity index (χ1n) is 5.57. The van der Waals surface area contributed by atoms with E-state index in [1.165, 1.54) is 30.7 Å². The van der Waals surface area contributed by atoms with Crippen LogP contribution >= 0.6 is 0 Å². The normalized spacial score (nSPS) is 12.2. The van der Waals surface area contributed by atoms with Crippen LogP contribution in [0.2, 0.25) is 0 Å². The van der Waals surface area contributed by atoms with Crippen LogP contribution in [-0.4, -0.2) is 17.6 Å². The molecule has 1 N–H and O–H groups in total. The highest BCUT2D eigenvalue weighted by Crippen LogP contribution is 2.40. The number of hydrogen-bond donors (Lipinski definition) is 1. The number of amides is 1. The molecule has 0 saturated heterocycles. The van der Waals surface area contributed by atoms with Crippen molar-refractivity contribution in [1.29, 1.82) is 0 Å². The van der Waals surface area contributed by atoms with Crippen LogP contribution in [-0.2, 0) is 0 Å². The summed E-state index contributed by atoms with van der Waals surface area (Å²) in [5.41, 5.74) is 0.0218. The van der Waals surface area contributed by atoms with Crippen LogP contribution in [0.5, 0.6) is 11.5 Å². The van der Waals surface area contributed by atoms with E-state index in [1.54, 1.807) is 0 Å². The van der Waals surface area contributed by atoms with Gasteiger partial charge in [0.05, 0.1) is 22.8 Å². The molecule has 1 aliphatic heterocycles. The first-order valence-corrected chi connectivity index (χ1v) is 5.57. The monoisotopic (exact) mass is 276 g/mol. The van der Waals surface area contributed by atoms with Crippen LogP contribution in [0.4, 0.5) is 11.4 Å². The highest BCUT2D eigenvalue weighted by Gasteiger charge is 2.24. The molecule has 0 spiro atoms. The van der Waals surface area contributed by atoms with E-state index in [4.69, 9.17) is 13.9 Å². The Morgan fingerprint density at radius 1 is 1.30 bits per heavy atom. The summed E-state index contributed by atoms with van der Waals surface area (Å²) < 4.78 is 15.0. The van der Waals surface area contributed by atoms with Crippen molar-refractivity contribution in [2.75, 3.05) is 12.1 Å². The van der Waals surface area contributed by atoms with Crippen molar-refractivity contribution in [2.24, 2.45) is 0 Å². The molecule has 2 heterocycles. The van der Waals surface area contributed by atoms with Crippen molar-refractivity contribution in [2.45, 2.75) is 0 Å². The number of nitrogens with one attached hydrogen (secondary N) is 1. The lowest BCUT2D eigenvalue weighted by atomic mass is 10.2. The summed E-state index contributed by atoms with van der Waals surface area (Å²) in [7, 11) is 0. The Kier molecular flexibility index (Phi) is 2.75. The van der Waals surface area contributed by atoms with Gasteiger partial charge < -0.3 is 19.2 Å². The zero-order valence-electron chi connectivity index (χ0n) is 9.99. The third-order valence-corrected chi connectivity index (χ3v) is 2.72. The van der Waals surface area contributed by atoms with Crippen LogP contribution in [0.25, 0.3) is 0 Å². The molecule has 0 unspecified atom stereocenters. The average molecular weight is 276 g/mol. The van der Waals surface area contributed by atoms with Gasteiger partial charge >= 0.3 is 0 Å². The van der Waals surface area contributed by atoms with Crippen LogP contribution in [0.15, 0.2) is 35.1 Å². The molecule has 0 bridgehead atoms. The van der Waals surface area contributed by atoms with Crippen molar-refractivity contribution in [3.05, 3.63) is 46.4 Å². The Labute approximate surface area is 112 Å². The fourth-order valence-corrected chi connectivity index (χ4v) is 1.77. The van der Waals surface area contributed by atoms with Gasteiger partial charge in [0.1, 0.15) is 12.0 Å². The number of nitrogens with zero attached hydrogens (tertiary/aromatic N) is 1. The maximum absolute atomic E-state index is 11.9. The number of carbonyl (C=O) groups excluding carboxylic acids is 1. The molecule has 1 aliphatic rings. The minimum absolute atomic E-state index is 0.00832. The van der Waals surface area contributed by atoms with Crippen molar-refractivity contribution in [3.8, 4) is 11.5 Å². The first-order chi connectivity index (χ1) is 9.65. The quantitative estimate of drug-likeness (QED) is 0.680. The van der Waals surface area contributed by atoms with E-state index in [-0.39, 0.29) is 29.5 Å². The van der Waals surface area contributed by atoms with E-state index in [9.17, 15) is 14.9 Å². The SMILES string of the molecule is O=C(Nc1cc2c(cc1[N+](=O)[O-])OCO2)c1ccoc1. The third kappa shape index (κ3) is 2.03. The van der Waals surface area contributed by atoms with Gasteiger partial charge in [0, 0.05) is 6.07 Å². The molecule has 0 atom stereocenters. The van der Waals surface area contributed by atoms with E-state index in [0.29, 0.717) is 5.75 Å². The minimum atomic E-state index is -0.604. The molecule has 20 heavy (non-hydrogen) atoms. The lowest BCUT2D eigenvalue weighted by Crippen LogP contribution is -2.12. The van der Waals surface area contributed by atoms with Crippen molar-refractivity contribution in [1.82, 2.24) is 0 Å². The van der Waals surface area contributed by atoms with Gasteiger partial charge in [-0.15, -0.1) is 0 Å². The molecule has 0 aliphatic carbocycles. The summed E-state index contributed by atoms with van der Waals surface area (Å²) in [4.78, 5) is 22.3. The number of nitro benzene ring substituents is 1. The molecule has 8 heteroatoms. The lowest BCUT2D eigenvalue weighted by molar-refractivity contribution is -0.384. The molecule has 8 nitrogen and oxygen atoms in total. The minimum Gasteiger partial charge on any atom is -0.472 e. The standard InChI is InChI=1S/C12H8N2O6/c15-12(7-1-2-18-5-7)13-8-3-10-11(20-6-19-10)4-9(8)14(16)17/h1-5H,6H2,(H,13,15). The average Bonchev–Trinajstić information content (AvgIpc) is 3.08. The highest BCUT2D eigenvalue weighted by molar-refractivity contribution is 6.05. The molecular weight excluding hydrogens is 268 g/mol. The number of furan rings is 1. The highest BCUT2D eigenvalue weighted by atomic mass is 16.7. The van der Waals surface area contributed by atoms with E-state index < -0.39 is 10.8 Å². The van der Waals surface area contributed by atoms with Gasteiger partial charge in [0.15, 0.2) is 11.5 Å². The Bertz CT molecular complexity index is 680. The molecule has 1 aromatic carbocycles. The van der Waals surface area contributed by atoms with E-state index in [2.05, 4.69) is 5.32 Å². The van der Waals surface area contributed by atoms with E-state index >= 15 is 0 Å². The number of carbonyl (C=O) groups is 1. The van der Waals surface area contributed by atoms with Crippen LogP contribution in [0.1, 0.15) is 10.4 Å². The second-order valence-corrected chi connectivity index (χ2v) is 3.95. The van der Waals surface area contributed by atoms with Gasteiger partial charge in [-0.05, 0) is 6.07 Å². The van der Waals surface area contributed by atoms with Gasteiger partial charge in [-0.25, -0.2) is 0 Å². The number of ether oxygens (including phenoxy) is 2. The summed E-state index contributed by atoms with van der Waals surface area (Å²) in [5.74, 6) is 0.108. The maximum atomic E-state index is 11.9. The second-order valence-electron chi connectivity index (χ2n) is 3.95. The molecular formula is C12H8N2O6. The topological polar surface area (TPSA) is 104 Å². The summed E-state index contributed by atoms with van der Waals surface area (Å²) in [5, 5.41) is 13.5. The molecule has 0 radical (unpaired) electrons. The van der Waals surface area contributed by atoms with E-state index in [1.807, 2.05) is 0 Å². The smallest absolute Gasteiger partial charge is 0.296 e. The molecule has 0 saturated carbocycles. The van der Waals surface area contributed by atoms with Crippen LogP contribution < -0.4 is 14.8 Å². The largest absolute Gasteiger partial charge is 0.472 e. The van der Waals surface area contributed by atoms with Gasteiger partial charge in [0.25, 0.3) is 11.6 Å². The van der Waals surface area contributed by atoms with Gasteiger partial charge in [0.2, 0.25) is 6.79 Å². The van der Waals surface area contributed by atoms with Crippen LogP contribution in [0.3, 0.4) is 0 Å². The molecule has 1 amide bonds. The second kappa shape index (κ2) is 4.57. The van der Waals surface area contributed by atoms with Crippen molar-refractivity contribution >= 4 is 17.3 Å². The van der Waals surface area contributed by atoms with Crippen LogP contribution in [0, 0.1) is 10.1 Å². The maximum Gasteiger partial charge on any atom is 0.296 e. The Hall–Kier alpha value is -3.03. The lowest BCUT2D eigenvalue weighted by Gasteiger charge is -2.06. The number of benzene rings is 1. The van der Waals surface area contributed by atoms with Gasteiger partial charge in [-0.1, -0.05) is 0 Å². The fraction of sp³-hybridized carbons (Fsp3) is 0.0833. The summed E-state index contributed by atoms with van der Waals surface area (Å²) >= 11 is 0. The zero-order chi connectivity index (χ0) is 14.1. The summed E-state index contributed by atoms with van der Waals surface area (Å²) in [6.45, 7) is -0.00832. The molecule has 3 rings (SSSR count). The predicted molar refractivity (Wildman–Crippen MR) is 65.9 cm³/mol. The summed E-state index contributed by atoms with van der Waals surface area (Å²) in [6.07, 6.45) is 2.58. The first kappa shape index (κ1) is 12.0. The molecule has 1 aromatic heterocycles.